The third kappa shape index (κ3) is 7.84. The molecule has 52 heavy (non-hydrogen) atoms. The first-order valence-electron chi connectivity index (χ1n) is 18.6. The number of ketones is 1. The van der Waals surface area contributed by atoms with Crippen LogP contribution in [0.2, 0.25) is 0 Å². The predicted molar refractivity (Wildman–Crippen MR) is 216 cm³/mol. The summed E-state index contributed by atoms with van der Waals surface area (Å²) in [6.45, 7) is 25.4. The summed E-state index contributed by atoms with van der Waals surface area (Å²) in [5.74, 6) is 1.82. The van der Waals surface area contributed by atoms with Crippen molar-refractivity contribution < 1.29 is 38.8 Å². The molecule has 0 saturated carbocycles. The fourth-order valence-electron chi connectivity index (χ4n) is 6.77. The third-order valence-electron chi connectivity index (χ3n) is 11.3. The van der Waals surface area contributed by atoms with Crippen LogP contribution in [0.1, 0.15) is 119 Å². The number of furan rings is 2. The van der Waals surface area contributed by atoms with Gasteiger partial charge in [0.1, 0.15) is 28.3 Å². The molecule has 0 saturated heterocycles. The van der Waals surface area contributed by atoms with Gasteiger partial charge in [0.2, 0.25) is 0 Å². The number of carbonyl (C=O) groups excluding carboxylic acids is 1. The quantitative estimate of drug-likeness (QED) is 0.0842. The van der Waals surface area contributed by atoms with Crippen LogP contribution in [-0.2, 0) is 36.7 Å². The van der Waals surface area contributed by atoms with Crippen LogP contribution in [0.3, 0.4) is 0 Å². The van der Waals surface area contributed by atoms with Crippen LogP contribution in [0.25, 0.3) is 54.3 Å². The number of hydrogen-bond donors (Lipinski definition) is 1. The van der Waals surface area contributed by atoms with Crippen LogP contribution in [0.5, 0.6) is 0 Å². The van der Waals surface area contributed by atoms with Gasteiger partial charge in [0.25, 0.3) is 0 Å². The van der Waals surface area contributed by atoms with Crippen molar-refractivity contribution >= 4 is 60.1 Å². The van der Waals surface area contributed by atoms with Crippen molar-refractivity contribution in [2.75, 3.05) is 0 Å². The third-order valence-corrected chi connectivity index (χ3v) is 12.2. The second-order valence-corrected chi connectivity index (χ2v) is 17.0. The number of aryl methyl sites for hydroxylation is 1. The van der Waals surface area contributed by atoms with Gasteiger partial charge < -0.3 is 13.9 Å². The average molecular weight is 899 g/mol. The van der Waals surface area contributed by atoms with Crippen LogP contribution < -0.4 is 0 Å². The Morgan fingerprint density at radius 1 is 0.923 bits per heavy atom. The van der Waals surface area contributed by atoms with E-state index in [1.54, 1.807) is 11.3 Å². The molecule has 0 spiro atoms. The molecule has 281 valence electrons. The number of benzene rings is 2. The summed E-state index contributed by atoms with van der Waals surface area (Å²) >= 11 is 1.78. The van der Waals surface area contributed by atoms with Gasteiger partial charge in [-0.3, -0.25) is 9.78 Å². The van der Waals surface area contributed by atoms with Gasteiger partial charge in [-0.1, -0.05) is 87.3 Å². The van der Waals surface area contributed by atoms with E-state index in [1.165, 1.54) is 27.3 Å². The van der Waals surface area contributed by atoms with Gasteiger partial charge in [0.05, 0.1) is 5.39 Å². The minimum atomic E-state index is -0.337. The Balaban J connectivity index is 0.000000289. The Morgan fingerprint density at radius 3 is 2.15 bits per heavy atom. The minimum Gasteiger partial charge on any atom is -0.512 e. The van der Waals surface area contributed by atoms with Gasteiger partial charge in [0.15, 0.2) is 5.78 Å². The molecule has 7 heteroatoms. The molecule has 4 aromatic heterocycles. The molecule has 0 bridgehead atoms. The monoisotopic (exact) mass is 899 g/mol. The number of allylic oxidation sites excluding steroid dienone is 2. The van der Waals surface area contributed by atoms with Crippen LogP contribution in [0.15, 0.2) is 62.6 Å². The molecule has 0 aliphatic heterocycles. The van der Waals surface area contributed by atoms with Crippen molar-refractivity contribution in [2.24, 2.45) is 16.7 Å². The van der Waals surface area contributed by atoms with E-state index < -0.39 is 0 Å². The van der Waals surface area contributed by atoms with Gasteiger partial charge in [-0.25, -0.2) is 0 Å². The Morgan fingerprint density at radius 2 is 1.56 bits per heavy atom. The van der Waals surface area contributed by atoms with Gasteiger partial charge in [-0.05, 0) is 78.6 Å². The fourth-order valence-corrected chi connectivity index (χ4v) is 7.84. The smallest absolute Gasteiger partial charge is 0.164 e. The Kier molecular flexibility index (Phi) is 12.8. The predicted octanol–water partition coefficient (Wildman–Crippen LogP) is 13.9. The maximum absolute atomic E-state index is 12.2. The maximum Gasteiger partial charge on any atom is 0.164 e. The summed E-state index contributed by atoms with van der Waals surface area (Å²) in [7, 11) is 0. The average Bonchev–Trinajstić information content (AvgIpc) is 3.81. The number of carbonyl (C=O) groups is 1. The first-order chi connectivity index (χ1) is 24.0. The SMILES string of the molecule is CCC(C)(CC)C(=O)/C=C(\O)C(C)(CC)CC.Cc1oc2c(ccc3oc4ccnc(-c5[c-]c6ccsc6c(C(C)(C)C)c5)c4c32)c1CC(C)C.[Ir]. The van der Waals surface area contributed by atoms with E-state index in [0.29, 0.717) is 5.92 Å². The second kappa shape index (κ2) is 16.0. The van der Waals surface area contributed by atoms with Crippen molar-refractivity contribution in [1.29, 1.82) is 0 Å². The maximum atomic E-state index is 12.2. The van der Waals surface area contributed by atoms with Crippen LogP contribution in [0, 0.1) is 29.7 Å². The summed E-state index contributed by atoms with van der Waals surface area (Å²) in [4.78, 5) is 17.0. The number of aliphatic hydroxyl groups is 1. The van der Waals surface area contributed by atoms with E-state index in [0.717, 1.165) is 82.0 Å². The summed E-state index contributed by atoms with van der Waals surface area (Å²) in [5.41, 5.74) is 6.44. The largest absolute Gasteiger partial charge is 0.512 e. The van der Waals surface area contributed by atoms with Crippen LogP contribution in [0.4, 0.5) is 0 Å². The number of thiophene rings is 1. The summed E-state index contributed by atoms with van der Waals surface area (Å²) in [5, 5.41) is 16.6. The van der Waals surface area contributed by atoms with Gasteiger partial charge in [-0.15, -0.1) is 23.6 Å². The number of aromatic nitrogens is 1. The summed E-state index contributed by atoms with van der Waals surface area (Å²) in [6, 6.07) is 14.2. The van der Waals surface area contributed by atoms with Gasteiger partial charge in [0, 0.05) is 65.2 Å². The topological polar surface area (TPSA) is 76.5 Å². The van der Waals surface area contributed by atoms with Gasteiger partial charge in [-0.2, -0.15) is 11.3 Å². The number of hydrogen-bond acceptors (Lipinski definition) is 6. The molecule has 1 N–H and O–H groups in total. The number of rotatable bonds is 10. The minimum absolute atomic E-state index is 0. The zero-order valence-corrected chi connectivity index (χ0v) is 36.3. The number of fused-ring (bicyclic) bond motifs is 6. The van der Waals surface area contributed by atoms with Crippen molar-refractivity contribution in [1.82, 2.24) is 4.98 Å². The van der Waals surface area contributed by atoms with E-state index in [-0.39, 0.29) is 47.9 Å². The molecule has 5 nitrogen and oxygen atoms in total. The Bertz CT molecular complexity index is 2220. The van der Waals surface area contributed by atoms with Crippen LogP contribution in [-0.4, -0.2) is 15.9 Å². The molecule has 6 rings (SSSR count). The van der Waals surface area contributed by atoms with Crippen molar-refractivity contribution in [3.8, 4) is 11.3 Å². The zero-order chi connectivity index (χ0) is 37.5. The zero-order valence-electron chi connectivity index (χ0n) is 33.1. The number of pyridine rings is 1. The molecule has 6 aromatic rings. The van der Waals surface area contributed by atoms with E-state index in [4.69, 9.17) is 13.8 Å². The van der Waals surface area contributed by atoms with Crippen molar-refractivity contribution in [2.45, 2.75) is 121 Å². The van der Waals surface area contributed by atoms with E-state index >= 15 is 0 Å². The molecular weight excluding hydrogens is 843 g/mol. The van der Waals surface area contributed by atoms with Crippen LogP contribution >= 0.6 is 11.3 Å². The molecular formula is C45H56IrNO4S-. The Labute approximate surface area is 327 Å². The molecule has 0 aliphatic rings. The number of nitrogens with zero attached hydrogens (tertiary/aromatic N) is 1. The van der Waals surface area contributed by atoms with Crippen molar-refractivity contribution in [3.63, 3.8) is 0 Å². The number of aliphatic hydroxyl groups excluding tert-OH is 1. The molecule has 0 fully saturated rings. The summed E-state index contributed by atoms with van der Waals surface area (Å²) < 4.78 is 14.0. The fraction of sp³-hybridized carbons (Fsp3) is 0.467. The first-order valence-corrected chi connectivity index (χ1v) is 19.5. The second-order valence-electron chi connectivity index (χ2n) is 16.1. The molecule has 0 amide bonds. The first kappa shape index (κ1) is 41.5. The van der Waals surface area contributed by atoms with Crippen molar-refractivity contribution in [3.05, 3.63) is 76.7 Å². The Hall–Kier alpha value is -3.25. The molecule has 1 radical (unpaired) electrons. The molecule has 0 unspecified atom stereocenters. The molecule has 0 atom stereocenters. The normalized spacial score (nSPS) is 12.9. The summed E-state index contributed by atoms with van der Waals surface area (Å²) in [6.07, 6.45) is 7.57. The standard InChI is InChI=1S/C30H28NO2S.C15H28O2.Ir/c1-16(2)13-21-17(3)32-28-20(21)7-8-23-26(28)25-24(33-23)9-11-31-27(25)19-14-18-10-12-34-29(18)22(15-19)30(4,5)6;1-7-14(5,8-2)12(16)11-13(17)15(6,9-3)10-4;/h7-12,15-16H,13H2,1-6H3;11,16H,7-10H2,1-6H3;/q-1;;/b;12-11-;. The van der Waals surface area contributed by atoms with E-state index in [1.807, 2.05) is 53.8 Å². The van der Waals surface area contributed by atoms with E-state index in [2.05, 4.69) is 77.3 Å². The van der Waals surface area contributed by atoms with Gasteiger partial charge >= 0.3 is 0 Å². The molecule has 4 heterocycles. The molecule has 0 aliphatic carbocycles. The molecule has 2 aromatic carbocycles. The van der Waals surface area contributed by atoms with E-state index in [9.17, 15) is 9.90 Å².